The van der Waals surface area contributed by atoms with Crippen molar-refractivity contribution in [1.29, 1.82) is 0 Å². The van der Waals surface area contributed by atoms with Crippen LogP contribution in [0.1, 0.15) is 47.7 Å². The van der Waals surface area contributed by atoms with Crippen LogP contribution >= 0.6 is 11.6 Å². The summed E-state index contributed by atoms with van der Waals surface area (Å²) in [7, 11) is 0. The average molecular weight is 581 g/mol. The van der Waals surface area contributed by atoms with Crippen LogP contribution in [-0.4, -0.2) is 91.1 Å². The van der Waals surface area contributed by atoms with Crippen LogP contribution in [0.2, 0.25) is 5.02 Å². The number of hydrogen-bond donors (Lipinski definition) is 0. The third-order valence-corrected chi connectivity index (χ3v) is 9.33. The Bertz CT molecular complexity index is 1260. The maximum Gasteiger partial charge on any atom is 0.414 e. The van der Waals surface area contributed by atoms with E-state index in [0.29, 0.717) is 49.3 Å². The van der Waals surface area contributed by atoms with Crippen LogP contribution in [0.5, 0.6) is 0 Å². The van der Waals surface area contributed by atoms with Gasteiger partial charge in [0.2, 0.25) is 5.91 Å². The second kappa shape index (κ2) is 12.8. The third kappa shape index (κ3) is 6.87. The number of carbonyl (C=O) groups excluding carboxylic acids is 3. The molecule has 0 aliphatic carbocycles. The second-order valence-electron chi connectivity index (χ2n) is 11.8. The van der Waals surface area contributed by atoms with Gasteiger partial charge in [-0.25, -0.2) is 4.79 Å². The van der Waals surface area contributed by atoms with E-state index in [9.17, 15) is 14.4 Å². The molecule has 0 bridgehead atoms. The minimum absolute atomic E-state index is 0.0577. The maximum atomic E-state index is 13.4. The zero-order valence-corrected chi connectivity index (χ0v) is 25.1. The number of nitrogens with zero attached hydrogens (tertiary/aromatic N) is 4. The Kier molecular flexibility index (Phi) is 9.19. The lowest BCUT2D eigenvalue weighted by Gasteiger charge is -2.32. The molecule has 2 atom stereocenters. The van der Waals surface area contributed by atoms with Gasteiger partial charge in [0.15, 0.2) is 0 Å². The fourth-order valence-corrected chi connectivity index (χ4v) is 6.62. The van der Waals surface area contributed by atoms with Gasteiger partial charge in [0.1, 0.15) is 6.10 Å². The normalized spacial score (nSPS) is 21.2. The van der Waals surface area contributed by atoms with Gasteiger partial charge in [-0.15, -0.1) is 0 Å². The lowest BCUT2D eigenvalue weighted by molar-refractivity contribution is -0.130. The minimum Gasteiger partial charge on any atom is -0.446 e. The molecule has 3 heterocycles. The number of anilines is 1. The van der Waals surface area contributed by atoms with Crippen molar-refractivity contribution in [3.63, 3.8) is 0 Å². The van der Waals surface area contributed by atoms with Crippen LogP contribution in [0, 0.1) is 25.7 Å². The number of ether oxygens (including phenoxy) is 1. The zero-order chi connectivity index (χ0) is 29.1. The van der Waals surface area contributed by atoms with Crippen molar-refractivity contribution < 1.29 is 19.1 Å². The van der Waals surface area contributed by atoms with E-state index in [1.54, 1.807) is 16.7 Å². The molecule has 0 aromatic heterocycles. The Hall–Kier alpha value is -3.10. The Morgan fingerprint density at radius 3 is 2.24 bits per heavy atom. The van der Waals surface area contributed by atoms with Crippen molar-refractivity contribution >= 4 is 35.2 Å². The highest BCUT2D eigenvalue weighted by molar-refractivity contribution is 6.31. The molecule has 5 rings (SSSR count). The van der Waals surface area contributed by atoms with Crippen LogP contribution < -0.4 is 4.90 Å². The predicted octanol–water partition coefficient (Wildman–Crippen LogP) is 5.00. The molecule has 9 heteroatoms. The van der Waals surface area contributed by atoms with E-state index < -0.39 is 0 Å². The maximum absolute atomic E-state index is 13.4. The highest BCUT2D eigenvalue weighted by Gasteiger charge is 2.41. The first-order valence-corrected chi connectivity index (χ1v) is 15.1. The smallest absolute Gasteiger partial charge is 0.414 e. The van der Waals surface area contributed by atoms with Gasteiger partial charge in [-0.3, -0.25) is 14.5 Å². The molecule has 2 aromatic carbocycles. The number of halogens is 1. The standard InChI is InChI=1S/C32H41ClN4O4/c1-22-7-4-5-8-29(22)31(39)36-20-25-18-34(19-26(25)21-36)13-6-14-37(27-10-9-23(2)30(33)17-27)32(40)41-28-11-15-35(16-12-28)24(3)38/h4-5,7-10,17,25-26,28H,6,11-16,18-21H2,1-3H3. The molecule has 220 valence electrons. The summed E-state index contributed by atoms with van der Waals surface area (Å²) in [5.41, 5.74) is 3.52. The van der Waals surface area contributed by atoms with Crippen molar-refractivity contribution in [3.8, 4) is 0 Å². The molecule has 3 amide bonds. The molecule has 8 nitrogen and oxygen atoms in total. The molecule has 41 heavy (non-hydrogen) atoms. The van der Waals surface area contributed by atoms with Crippen molar-refractivity contribution in [2.75, 3.05) is 57.3 Å². The van der Waals surface area contributed by atoms with Gasteiger partial charge in [0.25, 0.3) is 5.91 Å². The molecule has 0 spiro atoms. The summed E-state index contributed by atoms with van der Waals surface area (Å²) in [5.74, 6) is 1.17. The van der Waals surface area contributed by atoms with Gasteiger partial charge < -0.3 is 19.4 Å². The monoisotopic (exact) mass is 580 g/mol. The third-order valence-electron chi connectivity index (χ3n) is 8.92. The fraction of sp³-hybridized carbons (Fsp3) is 0.531. The topological polar surface area (TPSA) is 73.4 Å². The van der Waals surface area contributed by atoms with Crippen LogP contribution in [0.15, 0.2) is 42.5 Å². The number of likely N-dealkylation sites (tertiary alicyclic amines) is 3. The SMILES string of the molecule is CC(=O)N1CCC(OC(=O)N(CCCN2CC3CN(C(=O)c4ccccc4C)CC3C2)c2ccc(C)c(Cl)c2)CC1. The van der Waals surface area contributed by atoms with E-state index in [0.717, 1.165) is 61.5 Å². The Morgan fingerprint density at radius 1 is 0.927 bits per heavy atom. The summed E-state index contributed by atoms with van der Waals surface area (Å²) in [5, 5.41) is 0.618. The van der Waals surface area contributed by atoms with Gasteiger partial charge >= 0.3 is 6.09 Å². The van der Waals surface area contributed by atoms with Crippen molar-refractivity contribution in [2.45, 2.75) is 46.1 Å². The van der Waals surface area contributed by atoms with Crippen molar-refractivity contribution in [1.82, 2.24) is 14.7 Å². The molecule has 0 N–H and O–H groups in total. The largest absolute Gasteiger partial charge is 0.446 e. The van der Waals surface area contributed by atoms with Crippen LogP contribution in [0.3, 0.4) is 0 Å². The predicted molar refractivity (Wildman–Crippen MR) is 160 cm³/mol. The van der Waals surface area contributed by atoms with E-state index in [2.05, 4.69) is 4.90 Å². The number of benzene rings is 2. The molecule has 3 fully saturated rings. The zero-order valence-electron chi connectivity index (χ0n) is 24.4. The number of carbonyl (C=O) groups is 3. The molecule has 0 radical (unpaired) electrons. The van der Waals surface area contributed by atoms with E-state index in [-0.39, 0.29) is 24.0 Å². The lowest BCUT2D eigenvalue weighted by Crippen LogP contribution is -2.43. The summed E-state index contributed by atoms with van der Waals surface area (Å²) in [4.78, 5) is 46.1. The average Bonchev–Trinajstić information content (AvgIpc) is 3.52. The molecular weight excluding hydrogens is 540 g/mol. The van der Waals surface area contributed by atoms with Gasteiger partial charge in [-0.2, -0.15) is 0 Å². The summed E-state index contributed by atoms with van der Waals surface area (Å²) < 4.78 is 5.92. The van der Waals surface area contributed by atoms with Crippen LogP contribution in [0.25, 0.3) is 0 Å². The van der Waals surface area contributed by atoms with Crippen molar-refractivity contribution in [3.05, 3.63) is 64.2 Å². The first-order chi connectivity index (χ1) is 19.7. The number of piperidine rings is 1. The Balaban J connectivity index is 1.14. The van der Waals surface area contributed by atoms with Gasteiger partial charge in [0.05, 0.1) is 0 Å². The number of hydrogen-bond acceptors (Lipinski definition) is 5. The molecular formula is C32H41ClN4O4. The first kappa shape index (κ1) is 29.4. The second-order valence-corrected chi connectivity index (χ2v) is 12.2. The first-order valence-electron chi connectivity index (χ1n) is 14.8. The van der Waals surface area contributed by atoms with Crippen molar-refractivity contribution in [2.24, 2.45) is 11.8 Å². The summed E-state index contributed by atoms with van der Waals surface area (Å²) in [6.07, 6.45) is 1.52. The number of rotatable bonds is 7. The number of fused-ring (bicyclic) bond motifs is 1. The fourth-order valence-electron chi connectivity index (χ4n) is 6.44. The number of amides is 3. The summed E-state index contributed by atoms with van der Waals surface area (Å²) in [6, 6.07) is 13.5. The van der Waals surface area contributed by atoms with E-state index in [1.165, 1.54) is 0 Å². The number of aryl methyl sites for hydroxylation is 2. The van der Waals surface area contributed by atoms with Gasteiger partial charge in [0, 0.05) is 81.9 Å². The molecule has 3 saturated heterocycles. The lowest BCUT2D eigenvalue weighted by atomic mass is 10.0. The van der Waals surface area contributed by atoms with E-state index in [4.69, 9.17) is 16.3 Å². The molecule has 2 unspecified atom stereocenters. The minimum atomic E-state index is -0.366. The van der Waals surface area contributed by atoms with E-state index in [1.807, 2.05) is 61.2 Å². The molecule has 2 aromatic rings. The molecule has 0 saturated carbocycles. The molecule has 3 aliphatic rings. The van der Waals surface area contributed by atoms with Gasteiger partial charge in [-0.05, 0) is 68.0 Å². The van der Waals surface area contributed by atoms with Gasteiger partial charge in [-0.1, -0.05) is 35.9 Å². The highest BCUT2D eigenvalue weighted by atomic mass is 35.5. The summed E-state index contributed by atoms with van der Waals surface area (Å²) in [6.45, 7) is 11.7. The quantitative estimate of drug-likeness (QED) is 0.461. The molecule has 3 aliphatic heterocycles. The Labute approximate surface area is 248 Å². The Morgan fingerprint density at radius 2 is 1.61 bits per heavy atom. The van der Waals surface area contributed by atoms with E-state index >= 15 is 0 Å². The highest BCUT2D eigenvalue weighted by Crippen LogP contribution is 2.32. The van der Waals surface area contributed by atoms with Crippen LogP contribution in [0.4, 0.5) is 10.5 Å². The van der Waals surface area contributed by atoms with Crippen LogP contribution in [-0.2, 0) is 9.53 Å². The summed E-state index contributed by atoms with van der Waals surface area (Å²) >= 11 is 6.42.